The average molecular weight is 245 g/mol. The number of benzene rings is 1. The molecule has 3 N–H and O–H groups in total. The summed E-state index contributed by atoms with van der Waals surface area (Å²) in [5, 5.41) is 10.3. The topological polar surface area (TPSA) is 85.8 Å². The number of hydrogen-bond donors (Lipinski definition) is 2. The van der Waals surface area contributed by atoms with Crippen LogP contribution in [0.1, 0.15) is 15.9 Å². The molecule has 94 valence electrons. The molecular weight excluding hydrogens is 230 g/mol. The average Bonchev–Trinajstić information content (AvgIpc) is 2.92. The van der Waals surface area contributed by atoms with E-state index in [0.29, 0.717) is 25.2 Å². The zero-order valence-electron chi connectivity index (χ0n) is 9.91. The van der Waals surface area contributed by atoms with Crippen molar-refractivity contribution in [3.8, 4) is 0 Å². The first kappa shape index (κ1) is 12.3. The number of rotatable bonds is 5. The normalized spacial score (nSPS) is 10.3. The standard InChI is InChI=1S/C12H15N5O/c13-9-10-1-3-11(4-2-10)12(18)14-5-7-17-8-6-15-16-17/h1-4,6,8H,5,7,9,13H2,(H,14,18). The second kappa shape index (κ2) is 5.92. The lowest BCUT2D eigenvalue weighted by Crippen LogP contribution is -2.27. The van der Waals surface area contributed by atoms with Crippen molar-refractivity contribution < 1.29 is 4.79 Å². The molecule has 0 unspecified atom stereocenters. The van der Waals surface area contributed by atoms with E-state index in [1.54, 1.807) is 29.2 Å². The molecule has 0 fully saturated rings. The van der Waals surface area contributed by atoms with Crippen molar-refractivity contribution in [1.29, 1.82) is 0 Å². The smallest absolute Gasteiger partial charge is 0.251 e. The summed E-state index contributed by atoms with van der Waals surface area (Å²) in [6, 6.07) is 7.25. The van der Waals surface area contributed by atoms with E-state index < -0.39 is 0 Å². The fraction of sp³-hybridized carbons (Fsp3) is 0.250. The molecule has 18 heavy (non-hydrogen) atoms. The van der Waals surface area contributed by atoms with Crippen molar-refractivity contribution in [2.75, 3.05) is 6.54 Å². The van der Waals surface area contributed by atoms with Crippen LogP contribution in [-0.4, -0.2) is 27.4 Å². The Bertz CT molecular complexity index is 492. The maximum Gasteiger partial charge on any atom is 0.251 e. The van der Waals surface area contributed by atoms with E-state index in [-0.39, 0.29) is 5.91 Å². The van der Waals surface area contributed by atoms with E-state index in [9.17, 15) is 4.79 Å². The third-order valence-electron chi connectivity index (χ3n) is 2.55. The molecule has 1 heterocycles. The highest BCUT2D eigenvalue weighted by atomic mass is 16.1. The molecule has 0 radical (unpaired) electrons. The van der Waals surface area contributed by atoms with Gasteiger partial charge in [0.1, 0.15) is 0 Å². The molecule has 0 aliphatic carbocycles. The number of nitrogens with two attached hydrogens (primary N) is 1. The minimum Gasteiger partial charge on any atom is -0.350 e. The third kappa shape index (κ3) is 3.14. The van der Waals surface area contributed by atoms with Gasteiger partial charge in [-0.15, -0.1) is 5.10 Å². The number of aromatic nitrogens is 3. The molecule has 0 saturated carbocycles. The van der Waals surface area contributed by atoms with Crippen LogP contribution < -0.4 is 11.1 Å². The van der Waals surface area contributed by atoms with Crippen LogP contribution in [0.3, 0.4) is 0 Å². The number of nitrogens with one attached hydrogen (secondary N) is 1. The van der Waals surface area contributed by atoms with Gasteiger partial charge in [-0.05, 0) is 17.7 Å². The molecule has 1 amide bonds. The molecule has 6 nitrogen and oxygen atoms in total. The van der Waals surface area contributed by atoms with Crippen molar-refractivity contribution in [2.24, 2.45) is 5.73 Å². The van der Waals surface area contributed by atoms with Gasteiger partial charge in [0.05, 0.1) is 12.7 Å². The van der Waals surface area contributed by atoms with Crippen LogP contribution in [0.25, 0.3) is 0 Å². The maximum absolute atomic E-state index is 11.8. The predicted octanol–water partition coefficient (Wildman–Crippen LogP) is 0.167. The van der Waals surface area contributed by atoms with E-state index in [1.165, 1.54) is 0 Å². The van der Waals surface area contributed by atoms with Gasteiger partial charge in [-0.3, -0.25) is 9.48 Å². The lowest BCUT2D eigenvalue weighted by molar-refractivity contribution is 0.0952. The summed E-state index contributed by atoms with van der Waals surface area (Å²) in [4.78, 5) is 11.8. The van der Waals surface area contributed by atoms with Gasteiger partial charge in [-0.25, -0.2) is 0 Å². The number of carbonyl (C=O) groups excluding carboxylic acids is 1. The summed E-state index contributed by atoms with van der Waals surface area (Å²) < 4.78 is 1.66. The Labute approximate surface area is 105 Å². The van der Waals surface area contributed by atoms with Gasteiger partial charge in [0.25, 0.3) is 5.91 Å². The first-order valence-electron chi connectivity index (χ1n) is 5.71. The van der Waals surface area contributed by atoms with Crippen LogP contribution in [0.2, 0.25) is 0 Å². The van der Waals surface area contributed by atoms with Crippen molar-refractivity contribution >= 4 is 5.91 Å². The van der Waals surface area contributed by atoms with Gasteiger partial charge >= 0.3 is 0 Å². The summed E-state index contributed by atoms with van der Waals surface area (Å²) in [6.45, 7) is 1.60. The summed E-state index contributed by atoms with van der Waals surface area (Å²) in [7, 11) is 0. The highest BCUT2D eigenvalue weighted by molar-refractivity contribution is 5.94. The van der Waals surface area contributed by atoms with Crippen LogP contribution in [0.15, 0.2) is 36.7 Å². The summed E-state index contributed by atoms with van der Waals surface area (Å²) in [5.74, 6) is -0.0984. The molecule has 0 saturated heterocycles. The summed E-state index contributed by atoms with van der Waals surface area (Å²) in [6.07, 6.45) is 3.36. The Hall–Kier alpha value is -2.21. The van der Waals surface area contributed by atoms with Gasteiger partial charge in [-0.1, -0.05) is 17.3 Å². The molecule has 0 aliphatic heterocycles. The van der Waals surface area contributed by atoms with Gasteiger partial charge < -0.3 is 11.1 Å². The van der Waals surface area contributed by atoms with Gasteiger partial charge in [-0.2, -0.15) is 0 Å². The number of amides is 1. The molecule has 0 spiro atoms. The van der Waals surface area contributed by atoms with E-state index in [0.717, 1.165) is 5.56 Å². The van der Waals surface area contributed by atoms with Crippen molar-refractivity contribution in [3.05, 3.63) is 47.8 Å². The lowest BCUT2D eigenvalue weighted by atomic mass is 10.1. The number of hydrogen-bond acceptors (Lipinski definition) is 4. The van der Waals surface area contributed by atoms with Crippen molar-refractivity contribution in [1.82, 2.24) is 20.3 Å². The third-order valence-corrected chi connectivity index (χ3v) is 2.55. The van der Waals surface area contributed by atoms with Crippen LogP contribution in [-0.2, 0) is 13.1 Å². The Balaban J connectivity index is 1.83. The summed E-state index contributed by atoms with van der Waals surface area (Å²) in [5.41, 5.74) is 7.13. The van der Waals surface area contributed by atoms with Crippen molar-refractivity contribution in [3.63, 3.8) is 0 Å². The largest absolute Gasteiger partial charge is 0.350 e. The zero-order valence-corrected chi connectivity index (χ0v) is 9.91. The zero-order chi connectivity index (χ0) is 12.8. The Morgan fingerprint density at radius 3 is 2.72 bits per heavy atom. The molecule has 0 atom stereocenters. The van der Waals surface area contributed by atoms with E-state index in [1.807, 2.05) is 12.1 Å². The van der Waals surface area contributed by atoms with Crippen LogP contribution in [0.5, 0.6) is 0 Å². The van der Waals surface area contributed by atoms with E-state index >= 15 is 0 Å². The first-order chi connectivity index (χ1) is 8.79. The molecule has 0 bridgehead atoms. The lowest BCUT2D eigenvalue weighted by Gasteiger charge is -2.05. The van der Waals surface area contributed by atoms with Gasteiger partial charge in [0.2, 0.25) is 0 Å². The predicted molar refractivity (Wildman–Crippen MR) is 66.7 cm³/mol. The second-order valence-corrected chi connectivity index (χ2v) is 3.82. The quantitative estimate of drug-likeness (QED) is 0.786. The van der Waals surface area contributed by atoms with Crippen molar-refractivity contribution in [2.45, 2.75) is 13.1 Å². The van der Waals surface area contributed by atoms with Gasteiger partial charge in [0, 0.05) is 24.8 Å². The monoisotopic (exact) mass is 245 g/mol. The molecule has 1 aromatic heterocycles. The van der Waals surface area contributed by atoms with Crippen LogP contribution >= 0.6 is 0 Å². The molecule has 2 rings (SSSR count). The fourth-order valence-electron chi connectivity index (χ4n) is 1.53. The van der Waals surface area contributed by atoms with Crippen LogP contribution in [0, 0.1) is 0 Å². The molecule has 1 aromatic carbocycles. The summed E-state index contributed by atoms with van der Waals surface area (Å²) >= 11 is 0. The number of nitrogens with zero attached hydrogens (tertiary/aromatic N) is 3. The molecule has 6 heteroatoms. The first-order valence-corrected chi connectivity index (χ1v) is 5.71. The second-order valence-electron chi connectivity index (χ2n) is 3.82. The maximum atomic E-state index is 11.8. The fourth-order valence-corrected chi connectivity index (χ4v) is 1.53. The van der Waals surface area contributed by atoms with Crippen LogP contribution in [0.4, 0.5) is 0 Å². The minimum absolute atomic E-state index is 0.0984. The minimum atomic E-state index is -0.0984. The molecular formula is C12H15N5O. The number of carbonyl (C=O) groups is 1. The molecule has 0 aliphatic rings. The molecule has 2 aromatic rings. The highest BCUT2D eigenvalue weighted by Crippen LogP contribution is 2.03. The Morgan fingerprint density at radius 2 is 2.11 bits per heavy atom. The highest BCUT2D eigenvalue weighted by Gasteiger charge is 2.04. The Kier molecular flexibility index (Phi) is 4.03. The van der Waals surface area contributed by atoms with E-state index in [2.05, 4.69) is 15.6 Å². The SMILES string of the molecule is NCc1ccc(C(=O)NCCn2ccnn2)cc1. The Morgan fingerprint density at radius 1 is 1.33 bits per heavy atom. The van der Waals surface area contributed by atoms with E-state index in [4.69, 9.17) is 5.73 Å². The van der Waals surface area contributed by atoms with Gasteiger partial charge in [0.15, 0.2) is 0 Å².